The zero-order valence-electron chi connectivity index (χ0n) is 18.4. The molecule has 0 saturated carbocycles. The first-order chi connectivity index (χ1) is 15.0. The quantitative estimate of drug-likeness (QED) is 0.750. The molecule has 2 saturated heterocycles. The molecule has 2 aliphatic rings. The van der Waals surface area contributed by atoms with Crippen molar-refractivity contribution in [2.45, 2.75) is 33.4 Å². The van der Waals surface area contributed by atoms with E-state index >= 15 is 0 Å². The van der Waals surface area contributed by atoms with Gasteiger partial charge in [0.2, 0.25) is 0 Å². The lowest BCUT2D eigenvalue weighted by atomic mass is 9.91. The fourth-order valence-electron chi connectivity index (χ4n) is 4.86. The van der Waals surface area contributed by atoms with Crippen molar-refractivity contribution in [1.82, 2.24) is 15.5 Å². The van der Waals surface area contributed by atoms with Gasteiger partial charge in [0.15, 0.2) is 0 Å². The van der Waals surface area contributed by atoms with E-state index in [0.29, 0.717) is 25.2 Å². The third-order valence-corrected chi connectivity index (χ3v) is 6.17. The van der Waals surface area contributed by atoms with Gasteiger partial charge in [-0.3, -0.25) is 14.6 Å². The summed E-state index contributed by atoms with van der Waals surface area (Å²) in [4.78, 5) is 28.9. The Morgan fingerprint density at radius 2 is 1.81 bits per heavy atom. The number of rotatable bonds is 6. The summed E-state index contributed by atoms with van der Waals surface area (Å²) in [6.45, 7) is 9.56. The molecule has 6 heteroatoms. The minimum Gasteiger partial charge on any atom is -0.348 e. The molecule has 2 atom stereocenters. The minimum atomic E-state index is -0.128. The summed E-state index contributed by atoms with van der Waals surface area (Å²) in [6.07, 6.45) is 1.30. The molecule has 4 rings (SSSR count). The van der Waals surface area contributed by atoms with Gasteiger partial charge in [-0.1, -0.05) is 44.2 Å². The molecule has 2 unspecified atom stereocenters. The number of hydrogen-bond acceptors (Lipinski definition) is 3. The predicted molar refractivity (Wildman–Crippen MR) is 123 cm³/mol. The Morgan fingerprint density at radius 3 is 2.52 bits per heavy atom. The van der Waals surface area contributed by atoms with Crippen LogP contribution in [0.15, 0.2) is 48.5 Å². The van der Waals surface area contributed by atoms with E-state index < -0.39 is 0 Å². The van der Waals surface area contributed by atoms with Crippen molar-refractivity contribution in [2.75, 3.05) is 31.1 Å². The lowest BCUT2D eigenvalue weighted by Gasteiger charge is -2.35. The zero-order chi connectivity index (χ0) is 21.8. The van der Waals surface area contributed by atoms with E-state index in [-0.39, 0.29) is 11.9 Å². The van der Waals surface area contributed by atoms with Gasteiger partial charge < -0.3 is 10.6 Å². The zero-order valence-corrected chi connectivity index (χ0v) is 18.4. The van der Waals surface area contributed by atoms with Crippen molar-refractivity contribution in [3.05, 3.63) is 65.2 Å². The minimum absolute atomic E-state index is 0.118. The number of anilines is 1. The van der Waals surface area contributed by atoms with E-state index in [4.69, 9.17) is 0 Å². The van der Waals surface area contributed by atoms with Crippen LogP contribution in [0.4, 0.5) is 10.5 Å². The van der Waals surface area contributed by atoms with E-state index in [1.165, 1.54) is 12.0 Å². The monoisotopic (exact) mass is 420 g/mol. The van der Waals surface area contributed by atoms with Crippen LogP contribution >= 0.6 is 0 Å². The molecule has 2 fully saturated rings. The molecular weight excluding hydrogens is 388 g/mol. The second-order valence-corrected chi connectivity index (χ2v) is 9.03. The lowest BCUT2D eigenvalue weighted by molar-refractivity contribution is 0.0950. The number of likely N-dealkylation sites (tertiary alicyclic amines) is 1. The molecule has 2 N–H and O–H groups in total. The van der Waals surface area contributed by atoms with Gasteiger partial charge in [-0.05, 0) is 47.6 Å². The van der Waals surface area contributed by atoms with Crippen molar-refractivity contribution in [1.29, 1.82) is 0 Å². The highest BCUT2D eigenvalue weighted by molar-refractivity contribution is 5.98. The van der Waals surface area contributed by atoms with Gasteiger partial charge in [0.1, 0.15) is 0 Å². The molecule has 31 heavy (non-hydrogen) atoms. The fraction of sp³-hybridized carbons (Fsp3) is 0.440. The molecule has 0 aliphatic carbocycles. The molecule has 2 aliphatic heterocycles. The summed E-state index contributed by atoms with van der Waals surface area (Å²) in [5, 5.41) is 5.85. The van der Waals surface area contributed by atoms with Crippen LogP contribution in [-0.4, -0.2) is 43.0 Å². The third kappa shape index (κ3) is 5.25. The van der Waals surface area contributed by atoms with Crippen molar-refractivity contribution in [2.24, 2.45) is 11.8 Å². The highest BCUT2D eigenvalue weighted by Gasteiger charge is 2.23. The van der Waals surface area contributed by atoms with Crippen LogP contribution in [0.3, 0.4) is 0 Å². The number of carbonyl (C=O) groups is 2. The summed E-state index contributed by atoms with van der Waals surface area (Å²) in [5.74, 6) is 1.32. The van der Waals surface area contributed by atoms with Gasteiger partial charge in [0, 0.05) is 50.5 Å². The average Bonchev–Trinajstić information content (AvgIpc) is 3.18. The molecule has 0 bridgehead atoms. The maximum absolute atomic E-state index is 12.8. The highest BCUT2D eigenvalue weighted by atomic mass is 16.2. The molecule has 164 valence electrons. The van der Waals surface area contributed by atoms with Crippen LogP contribution in [0.5, 0.6) is 0 Å². The first kappa shape index (κ1) is 21.4. The number of urea groups is 1. The Bertz CT molecular complexity index is 935. The smallest absolute Gasteiger partial charge is 0.321 e. The Balaban J connectivity index is 1.40. The maximum atomic E-state index is 12.8. The van der Waals surface area contributed by atoms with Gasteiger partial charge in [0.05, 0.1) is 0 Å². The number of carbonyl (C=O) groups excluding carboxylic acids is 2. The number of piperidine rings is 1. The van der Waals surface area contributed by atoms with E-state index in [1.807, 2.05) is 18.2 Å². The third-order valence-electron chi connectivity index (χ3n) is 6.17. The van der Waals surface area contributed by atoms with Gasteiger partial charge in [-0.25, -0.2) is 4.79 Å². The summed E-state index contributed by atoms with van der Waals surface area (Å²) < 4.78 is 0. The summed E-state index contributed by atoms with van der Waals surface area (Å²) in [7, 11) is 0. The molecule has 2 aromatic rings. The van der Waals surface area contributed by atoms with Crippen molar-refractivity contribution in [3.63, 3.8) is 0 Å². The average molecular weight is 421 g/mol. The predicted octanol–water partition coefficient (Wildman–Crippen LogP) is 3.62. The van der Waals surface area contributed by atoms with Gasteiger partial charge in [0.25, 0.3) is 5.91 Å². The number of hydrogen-bond donors (Lipinski definition) is 2. The number of nitrogens with zero attached hydrogens (tertiary/aromatic N) is 2. The second kappa shape index (κ2) is 9.52. The molecule has 0 radical (unpaired) electrons. The lowest BCUT2D eigenvalue weighted by Crippen LogP contribution is -2.38. The summed E-state index contributed by atoms with van der Waals surface area (Å²) in [6, 6.07) is 15.5. The first-order valence-electron chi connectivity index (χ1n) is 11.2. The van der Waals surface area contributed by atoms with Gasteiger partial charge in [-0.15, -0.1) is 0 Å². The van der Waals surface area contributed by atoms with E-state index in [2.05, 4.69) is 47.6 Å². The topological polar surface area (TPSA) is 64.7 Å². The molecule has 3 amide bonds. The van der Waals surface area contributed by atoms with E-state index in [9.17, 15) is 9.59 Å². The second-order valence-electron chi connectivity index (χ2n) is 9.03. The van der Waals surface area contributed by atoms with Gasteiger partial charge >= 0.3 is 6.03 Å². The first-order valence-corrected chi connectivity index (χ1v) is 11.2. The number of amides is 3. The molecule has 0 spiro atoms. The van der Waals surface area contributed by atoms with Crippen LogP contribution in [0, 0.1) is 11.8 Å². The molecule has 0 aromatic heterocycles. The SMILES string of the molecule is CC1CC(C)CN(Cc2ccccc2CNC(=O)c2cccc(N3CCNC3=O)c2)C1. The van der Waals surface area contributed by atoms with E-state index in [0.717, 1.165) is 42.7 Å². The van der Waals surface area contributed by atoms with Gasteiger partial charge in [-0.2, -0.15) is 0 Å². The van der Waals surface area contributed by atoms with Crippen LogP contribution in [-0.2, 0) is 13.1 Å². The number of nitrogens with one attached hydrogen (secondary N) is 2. The van der Waals surface area contributed by atoms with Crippen molar-refractivity contribution >= 4 is 17.6 Å². The summed E-state index contributed by atoms with van der Waals surface area (Å²) in [5.41, 5.74) is 3.73. The Hall–Kier alpha value is -2.86. The standard InChI is InChI=1S/C25H32N4O2/c1-18-12-19(2)16-28(15-18)17-22-7-4-3-6-21(22)14-27-24(30)20-8-5-9-23(13-20)29-11-10-26-25(29)31/h3-9,13,18-19H,10-12,14-17H2,1-2H3,(H,26,31)(H,27,30). The normalized spacial score (nSPS) is 21.7. The Kier molecular flexibility index (Phi) is 6.56. The van der Waals surface area contributed by atoms with Crippen LogP contribution in [0.2, 0.25) is 0 Å². The van der Waals surface area contributed by atoms with Crippen LogP contribution < -0.4 is 15.5 Å². The maximum Gasteiger partial charge on any atom is 0.321 e. The van der Waals surface area contributed by atoms with Crippen LogP contribution in [0.1, 0.15) is 41.8 Å². The van der Waals surface area contributed by atoms with Crippen LogP contribution in [0.25, 0.3) is 0 Å². The number of benzene rings is 2. The van der Waals surface area contributed by atoms with Crippen molar-refractivity contribution in [3.8, 4) is 0 Å². The summed E-state index contributed by atoms with van der Waals surface area (Å²) >= 11 is 0. The largest absolute Gasteiger partial charge is 0.348 e. The fourth-order valence-corrected chi connectivity index (χ4v) is 4.86. The Morgan fingerprint density at radius 1 is 1.06 bits per heavy atom. The Labute approximate surface area is 184 Å². The highest BCUT2D eigenvalue weighted by Crippen LogP contribution is 2.23. The molecule has 6 nitrogen and oxygen atoms in total. The molecule has 2 heterocycles. The molecular formula is C25H32N4O2. The molecule has 2 aromatic carbocycles. The van der Waals surface area contributed by atoms with Crippen molar-refractivity contribution < 1.29 is 9.59 Å². The van der Waals surface area contributed by atoms with E-state index in [1.54, 1.807) is 17.0 Å².